The zero-order valence-electron chi connectivity index (χ0n) is 71.4. The van der Waals surface area contributed by atoms with E-state index in [2.05, 4.69) is 215 Å². The minimum absolute atomic E-state index is 0.511. The lowest BCUT2D eigenvalue weighted by molar-refractivity contribution is 0.591. The Morgan fingerprint density at radius 1 is 0.215 bits per heavy atom. The van der Waals surface area contributed by atoms with Gasteiger partial charge in [0.1, 0.15) is 17.5 Å². The Bertz CT molecular complexity index is 7900. The molecule has 130 heavy (non-hydrogen) atoms. The van der Waals surface area contributed by atoms with E-state index < -0.39 is 21.4 Å². The first-order chi connectivity index (χ1) is 64.0. The van der Waals surface area contributed by atoms with Gasteiger partial charge in [0, 0.05) is 100 Å². The van der Waals surface area contributed by atoms with Gasteiger partial charge in [-0.15, -0.1) is 0 Å². The predicted octanol–water partition coefficient (Wildman–Crippen LogP) is 23.6. The Morgan fingerprint density at radius 3 is 0.831 bits per heavy atom. The van der Waals surface area contributed by atoms with Crippen molar-refractivity contribution in [2.45, 2.75) is 40.0 Å². The van der Waals surface area contributed by atoms with Crippen molar-refractivity contribution in [3.8, 4) is 101 Å². The minimum atomic E-state index is -3.28. The second-order valence-electron chi connectivity index (χ2n) is 33.0. The van der Waals surface area contributed by atoms with Crippen molar-refractivity contribution in [3.63, 3.8) is 0 Å². The Balaban J connectivity index is 0.000000111. The van der Waals surface area contributed by atoms with Crippen LogP contribution in [0.3, 0.4) is 0 Å². The molecule has 16 heteroatoms. The normalized spacial score (nSPS) is 15.5. The molecule has 0 aliphatic carbocycles. The van der Waals surface area contributed by atoms with Gasteiger partial charge >= 0.3 is 0 Å². The smallest absolute Gasteiger partial charge is 0.175 e. The maximum atomic E-state index is 15.7. The van der Waals surface area contributed by atoms with Crippen LogP contribution in [0.4, 0.5) is 0 Å². The molecule has 8 heterocycles. The third-order valence-corrected chi connectivity index (χ3v) is 34.9. The van der Waals surface area contributed by atoms with Crippen molar-refractivity contribution in [2.24, 2.45) is 0 Å². The highest BCUT2D eigenvalue weighted by Gasteiger charge is 2.44. The standard InChI is InChI=1S/C39H28N3OP.C39H29N2OP.C36H26N5OP/c1-2-38-40-32-24-27(25-37-39(32)42(38)35-18-10-11-19-36(35)44(37,43)29-12-4-3-5-13-29)26-20-22-28(23-21-26)41-33-16-8-6-14-30(33)31-15-7-9-17-34(31)41;1-2-38-40-34-25-32(31-23-29(27-14-6-3-7-15-27)22-30(24-31)28-16-8-4-9-17-28)26-37-39(34)41(38)35-20-12-13-21-36(35)43(37,42)33-18-10-5-11-19-33;1-2-32-37-28-22-26(36-39-34(24-14-6-3-7-15-24)38-35(40-36)25-16-8-4-9-17-25)23-31-33(28)41(32)29-20-12-13-21-30(29)43(31,42)27-18-10-5-11-19-27/h3-25H,2H2,1H3;3-26H,2H2,1H3;3-23H,2H2,1H3. The molecule has 3 aliphatic rings. The van der Waals surface area contributed by atoms with Gasteiger partial charge in [-0.2, -0.15) is 0 Å². The lowest BCUT2D eigenvalue weighted by Crippen LogP contribution is -2.33. The third kappa shape index (κ3) is 12.9. The summed E-state index contributed by atoms with van der Waals surface area (Å²) in [4.78, 5) is 30.1. The molecule has 3 atom stereocenters. The lowest BCUT2D eigenvalue weighted by atomic mass is 9.93. The van der Waals surface area contributed by atoms with Crippen LogP contribution in [-0.2, 0) is 33.0 Å². The van der Waals surface area contributed by atoms with Crippen LogP contribution in [0.1, 0.15) is 38.2 Å². The Hall–Kier alpha value is -15.4. The first kappa shape index (κ1) is 79.3. The summed E-state index contributed by atoms with van der Waals surface area (Å²) in [6, 6.07) is 140. The van der Waals surface area contributed by atoms with Crippen molar-refractivity contribution in [1.29, 1.82) is 0 Å². The van der Waals surface area contributed by atoms with Crippen LogP contribution in [0.25, 0.3) is 156 Å². The molecule has 0 saturated carbocycles. The van der Waals surface area contributed by atoms with E-state index in [1.165, 1.54) is 21.8 Å². The van der Waals surface area contributed by atoms with E-state index in [4.69, 9.17) is 29.9 Å². The van der Waals surface area contributed by atoms with Crippen LogP contribution in [0.15, 0.2) is 413 Å². The molecule has 622 valence electrons. The molecule has 0 fully saturated rings. The minimum Gasteiger partial charge on any atom is -0.309 e. The van der Waals surface area contributed by atoms with E-state index in [-0.39, 0.29) is 0 Å². The molecule has 0 spiro atoms. The SMILES string of the molecule is CCc1nc2cc(-c3cc(-c4ccccc4)cc(-c4ccccc4)c3)cc3c2n1-c1ccccc1P3(=O)c1ccccc1.CCc1nc2cc(-c3ccc(-n4c5ccccc5c5ccccc54)cc3)cc3c2n1-c1ccccc1P3(=O)c1ccccc1.CCc1nc2cc(-c3nc(-c4ccccc4)nc(-c4ccccc4)n3)cc3c2n1-c1ccccc1P3(=O)c1ccccc1. The third-order valence-electron chi connectivity index (χ3n) is 25.6. The number of para-hydroxylation sites is 5. The highest BCUT2D eigenvalue weighted by atomic mass is 31.2. The van der Waals surface area contributed by atoms with Crippen LogP contribution in [0, 0.1) is 0 Å². The van der Waals surface area contributed by atoms with Crippen molar-refractivity contribution in [1.82, 2.24) is 48.2 Å². The van der Waals surface area contributed by atoms with Crippen LogP contribution in [0.2, 0.25) is 0 Å². The molecular formula is C114H83N10O3P3. The van der Waals surface area contributed by atoms with Crippen molar-refractivity contribution in [2.75, 3.05) is 0 Å². The molecule has 0 saturated heterocycles. The maximum Gasteiger partial charge on any atom is 0.175 e. The number of rotatable bonds is 14. The second-order valence-corrected chi connectivity index (χ2v) is 41.1. The molecule has 22 aromatic rings. The fourth-order valence-corrected chi connectivity index (χ4v) is 28.7. The molecule has 0 amide bonds. The van der Waals surface area contributed by atoms with Crippen LogP contribution < -0.4 is 47.7 Å². The average Bonchev–Trinajstić information content (AvgIpc) is 1.50. The zero-order valence-corrected chi connectivity index (χ0v) is 74.1. The number of hydrogen-bond acceptors (Lipinski definition) is 9. The number of fused-ring (bicyclic) bond motifs is 9. The van der Waals surface area contributed by atoms with Crippen LogP contribution in [0.5, 0.6) is 0 Å². The topological polar surface area (TPSA) is 148 Å². The van der Waals surface area contributed by atoms with Gasteiger partial charge in [-0.05, 0) is 160 Å². The molecule has 3 unspecified atom stereocenters. The lowest BCUT2D eigenvalue weighted by Gasteiger charge is -2.29. The summed E-state index contributed by atoms with van der Waals surface area (Å²) >= 11 is 0. The van der Waals surface area contributed by atoms with Crippen molar-refractivity contribution < 1.29 is 13.7 Å². The van der Waals surface area contributed by atoms with Gasteiger partial charge in [0.25, 0.3) is 0 Å². The molecule has 0 N–H and O–H groups in total. The van der Waals surface area contributed by atoms with Gasteiger partial charge in [-0.3, -0.25) is 13.7 Å². The van der Waals surface area contributed by atoms with Crippen molar-refractivity contribution in [3.05, 3.63) is 430 Å². The number of aryl methyl sites for hydroxylation is 3. The summed E-state index contributed by atoms with van der Waals surface area (Å²) in [5.41, 5.74) is 23.0. The fourth-order valence-electron chi connectivity index (χ4n) is 19.6. The van der Waals surface area contributed by atoms with Crippen LogP contribution in [-0.4, -0.2) is 48.2 Å². The molecule has 17 aromatic carbocycles. The number of nitrogens with zero attached hydrogens (tertiary/aromatic N) is 10. The number of hydrogen-bond donors (Lipinski definition) is 0. The summed E-state index contributed by atoms with van der Waals surface area (Å²) < 4.78 is 55.9. The Labute approximate surface area is 752 Å². The monoisotopic (exact) mass is 1730 g/mol. The molecule has 5 aromatic heterocycles. The van der Waals surface area contributed by atoms with E-state index in [1.807, 2.05) is 237 Å². The van der Waals surface area contributed by atoms with E-state index in [9.17, 15) is 0 Å². The zero-order chi connectivity index (χ0) is 87.4. The van der Waals surface area contributed by atoms with E-state index >= 15 is 13.7 Å². The summed E-state index contributed by atoms with van der Waals surface area (Å²) in [5.74, 6) is 4.54. The molecular weight excluding hydrogens is 1650 g/mol. The summed E-state index contributed by atoms with van der Waals surface area (Å²) in [6.07, 6.45) is 2.28. The average molecular weight is 1730 g/mol. The highest BCUT2D eigenvalue weighted by molar-refractivity contribution is 7.87. The quantitative estimate of drug-likeness (QED) is 0.0970. The van der Waals surface area contributed by atoms with Gasteiger partial charge in [0.2, 0.25) is 0 Å². The van der Waals surface area contributed by atoms with Gasteiger partial charge in [-0.1, -0.05) is 318 Å². The van der Waals surface area contributed by atoms with E-state index in [0.29, 0.717) is 17.5 Å². The maximum absolute atomic E-state index is 15.7. The number of aromatic nitrogens is 10. The van der Waals surface area contributed by atoms with Crippen LogP contribution >= 0.6 is 21.4 Å². The number of benzene rings is 17. The second kappa shape index (κ2) is 32.2. The fraction of sp³-hybridized carbons (Fsp3) is 0.0526. The summed E-state index contributed by atoms with van der Waals surface area (Å²) in [6.45, 7) is 6.37. The van der Waals surface area contributed by atoms with Crippen molar-refractivity contribution >= 4 is 124 Å². The number of imidazole rings is 3. The first-order valence-electron chi connectivity index (χ1n) is 44.1. The first-order valence-corrected chi connectivity index (χ1v) is 49.3. The molecule has 0 radical (unpaired) electrons. The molecule has 0 bridgehead atoms. The molecule has 25 rings (SSSR count). The largest absolute Gasteiger partial charge is 0.309 e. The van der Waals surface area contributed by atoms with Gasteiger partial charge < -0.3 is 18.3 Å². The van der Waals surface area contributed by atoms with E-state index in [1.54, 1.807) is 0 Å². The summed E-state index contributed by atoms with van der Waals surface area (Å²) in [5, 5.41) is 9.97. The Kier molecular flexibility index (Phi) is 19.6. The highest BCUT2D eigenvalue weighted by Crippen LogP contribution is 2.54. The van der Waals surface area contributed by atoms with E-state index in [0.717, 1.165) is 202 Å². The van der Waals surface area contributed by atoms with Gasteiger partial charge in [0.15, 0.2) is 38.9 Å². The predicted molar refractivity (Wildman–Crippen MR) is 536 cm³/mol. The summed E-state index contributed by atoms with van der Waals surface area (Å²) in [7, 11) is -9.67. The molecule has 3 aliphatic heterocycles. The Morgan fingerprint density at radius 2 is 0.477 bits per heavy atom. The van der Waals surface area contributed by atoms with Gasteiger partial charge in [0.05, 0.1) is 61.2 Å². The van der Waals surface area contributed by atoms with Gasteiger partial charge in [-0.25, -0.2) is 29.9 Å². The molecule has 13 nitrogen and oxygen atoms in total.